The van der Waals surface area contributed by atoms with Crippen LogP contribution in [0.2, 0.25) is 30.1 Å². The molecule has 2 aliphatic rings. The van der Waals surface area contributed by atoms with Crippen molar-refractivity contribution in [2.75, 3.05) is 9.80 Å². The Balaban J connectivity index is 0.000000137. The monoisotopic (exact) mass is 1790 g/mol. The van der Waals surface area contributed by atoms with Crippen molar-refractivity contribution in [1.82, 2.24) is 4.98 Å². The van der Waals surface area contributed by atoms with Gasteiger partial charge in [0.15, 0.2) is 34.8 Å². The maximum absolute atomic E-state index is 16.3. The Labute approximate surface area is 725 Å². The SMILES string of the molecule is Cc1cc(Cl)c(C(c2c(Cl)cncc2Cl)c2c(Cl)cc(-c3ccc4c(c3)oc3ccccc34)cc2Cl)c(Cl)c1.Cc1cc(F)c(C(c2cc(F)c(N3c4ccccc4C(C)(C)c4ccccc43)c(F)c2)c2c(F)cc(F)cc2F)c(F)c1.Cc1cc(F)c(C(c2cc(F)c(N3c4ccccc4Oc4ccccc43)c(F)c2)c2c(F)cc(F)cc2F)c(F)c1. The van der Waals surface area contributed by atoms with Crippen molar-refractivity contribution < 1.29 is 70.6 Å². The molecule has 0 amide bonds. The second-order valence-electron chi connectivity index (χ2n) is 30.0. The summed E-state index contributed by atoms with van der Waals surface area (Å²) in [5.74, 6) is -21.9. The quantitative estimate of drug-likeness (QED) is 0.0901. The molecule has 25 heteroatoms. The number of aryl methyl sites for hydroxylation is 3. The summed E-state index contributed by atoms with van der Waals surface area (Å²) in [6.07, 6.45) is 3.04. The van der Waals surface area contributed by atoms with Crippen LogP contribution in [0.1, 0.15) is 109 Å². The van der Waals surface area contributed by atoms with E-state index in [1.54, 1.807) is 72.8 Å². The number of halogens is 20. The topological polar surface area (TPSA) is 41.7 Å². The van der Waals surface area contributed by atoms with E-state index in [1.807, 2.05) is 112 Å². The van der Waals surface area contributed by atoms with E-state index < -0.39 is 149 Å². The predicted molar refractivity (Wildman–Crippen MR) is 457 cm³/mol. The number of benzene rings is 14. The molecule has 0 bridgehead atoms. The Hall–Kier alpha value is -11.8. The van der Waals surface area contributed by atoms with Crippen molar-refractivity contribution in [1.29, 1.82) is 0 Å². The number of aromatic nitrogens is 1. The van der Waals surface area contributed by atoms with Crippen LogP contribution < -0.4 is 14.5 Å². The van der Waals surface area contributed by atoms with Crippen molar-refractivity contribution in [2.45, 2.75) is 57.8 Å². The summed E-state index contributed by atoms with van der Waals surface area (Å²) in [5, 5.41) is 4.48. The summed E-state index contributed by atoms with van der Waals surface area (Å²) in [6, 6.07) is 56.9. The molecule has 3 atom stereocenters. The van der Waals surface area contributed by atoms with Gasteiger partial charge in [-0.05, 0) is 198 Å². The second kappa shape index (κ2) is 33.8. The van der Waals surface area contributed by atoms with Gasteiger partial charge in [-0.25, -0.2) is 61.5 Å². The summed E-state index contributed by atoms with van der Waals surface area (Å²) in [7, 11) is 0. The van der Waals surface area contributed by atoms with E-state index >= 15 is 52.7 Å². The zero-order valence-corrected chi connectivity index (χ0v) is 69.2. The number of hydrogen-bond acceptors (Lipinski definition) is 5. The molecule has 14 aromatic carbocycles. The third-order valence-electron chi connectivity index (χ3n) is 21.7. The summed E-state index contributed by atoms with van der Waals surface area (Å²) >= 11 is 40.9. The van der Waals surface area contributed by atoms with Gasteiger partial charge < -0.3 is 14.1 Å². The van der Waals surface area contributed by atoms with Crippen LogP contribution in [0.25, 0.3) is 33.1 Å². The van der Waals surface area contributed by atoms with Crippen molar-refractivity contribution in [3.8, 4) is 22.6 Å². The number of fused-ring (bicyclic) bond motifs is 7. The van der Waals surface area contributed by atoms with Crippen molar-refractivity contribution in [3.05, 3.63) is 438 Å². The van der Waals surface area contributed by atoms with Crippen LogP contribution in [-0.4, -0.2) is 4.98 Å². The first-order valence-corrected chi connectivity index (χ1v) is 40.0. The summed E-state index contributed by atoms with van der Waals surface area (Å²) in [4.78, 5) is 6.81. The number of anilines is 6. The highest BCUT2D eigenvalue weighted by atomic mass is 35.5. The summed E-state index contributed by atoms with van der Waals surface area (Å²) < 4.78 is 226. The molecule has 4 heterocycles. The zero-order valence-electron chi connectivity index (χ0n) is 64.6. The lowest BCUT2D eigenvalue weighted by Crippen LogP contribution is -2.31. The smallest absolute Gasteiger partial charge is 0.151 e. The van der Waals surface area contributed by atoms with E-state index in [4.69, 9.17) is 78.8 Å². The van der Waals surface area contributed by atoms with Gasteiger partial charge in [-0.2, -0.15) is 0 Å². The van der Waals surface area contributed by atoms with Crippen LogP contribution in [0.5, 0.6) is 11.5 Å². The highest BCUT2D eigenvalue weighted by Gasteiger charge is 2.41. The van der Waals surface area contributed by atoms with E-state index in [0.717, 1.165) is 98.3 Å². The van der Waals surface area contributed by atoms with Gasteiger partial charge in [0.25, 0.3) is 0 Å². The molecular formula is C98H59Cl6F14N3O2. The molecule has 0 saturated carbocycles. The Kier molecular flexibility index (Phi) is 23.3. The van der Waals surface area contributed by atoms with Crippen molar-refractivity contribution in [3.63, 3.8) is 0 Å². The summed E-state index contributed by atoms with van der Waals surface area (Å²) in [6.45, 7) is 8.72. The minimum absolute atomic E-state index is 0.167. The third-order valence-corrected chi connectivity index (χ3v) is 23.6. The predicted octanol–water partition coefficient (Wildman–Crippen LogP) is 32.0. The van der Waals surface area contributed by atoms with Gasteiger partial charge in [-0.1, -0.05) is 168 Å². The first kappa shape index (κ1) is 84.8. The second-order valence-corrected chi connectivity index (χ2v) is 32.4. The molecule has 0 radical (unpaired) electrons. The van der Waals surface area contributed by atoms with Gasteiger partial charge in [-0.15, -0.1) is 0 Å². The van der Waals surface area contributed by atoms with Gasteiger partial charge >= 0.3 is 0 Å². The van der Waals surface area contributed by atoms with Gasteiger partial charge in [0.1, 0.15) is 80.7 Å². The highest BCUT2D eigenvalue weighted by Crippen LogP contribution is 2.57. The number of ether oxygens (including phenoxy) is 1. The summed E-state index contributed by atoms with van der Waals surface area (Å²) in [5.41, 5.74) is 3.42. The number of pyridine rings is 1. The molecule has 0 spiro atoms. The lowest BCUT2D eigenvalue weighted by atomic mass is 9.73. The van der Waals surface area contributed by atoms with Gasteiger partial charge in [-0.3, -0.25) is 9.88 Å². The molecule has 618 valence electrons. The standard InChI is InChI=1S/C35H24F7N.C32H18F7NO.C31H17Cl6NO/c1-18-12-23(37)32(24(38)13-18)31(33-25(39)16-20(36)17-26(33)40)19-14-27(41)34(28(42)15-19)43-29-10-6-4-8-21(29)35(2,3)22-9-5-7-11-30(22)43;1-16-10-19(34)30(20(35)11-16)29(31-21(36)14-18(33)15-22(31)37)17-12-23(38)32(24(39)13-17)40-25-6-2-4-8-27(25)41-28-9-5-3-7-26(28)40;1-15-8-20(32)28(21(33)9-15)31(30-24(36)13-38-14-25(30)37)29-22(34)10-17(11-23(29)35)16-6-7-19-18-4-2-3-5-26(18)39-27(19)12-16/h4-17,31H,1-3H3;2-15,29H,1H3;2-14,31H,1H3. The number of furan rings is 1. The number of para-hydroxylation sites is 7. The van der Waals surface area contributed by atoms with Crippen LogP contribution in [0.3, 0.4) is 0 Å². The van der Waals surface area contributed by atoms with E-state index in [-0.39, 0.29) is 11.1 Å². The molecule has 0 fully saturated rings. The molecule has 0 N–H and O–H groups in total. The molecule has 0 aliphatic carbocycles. The van der Waals surface area contributed by atoms with Gasteiger partial charge in [0.05, 0.1) is 32.8 Å². The maximum Gasteiger partial charge on any atom is 0.151 e. The fourth-order valence-electron chi connectivity index (χ4n) is 16.4. The van der Waals surface area contributed by atoms with Crippen LogP contribution in [0.15, 0.2) is 253 Å². The fraction of sp³-hybridized carbons (Fsp3) is 0.0918. The van der Waals surface area contributed by atoms with E-state index in [1.165, 1.54) is 36.0 Å². The minimum Gasteiger partial charge on any atom is -0.456 e. The first-order chi connectivity index (χ1) is 58.8. The molecule has 123 heavy (non-hydrogen) atoms. The van der Waals surface area contributed by atoms with Crippen LogP contribution in [-0.2, 0) is 5.41 Å². The van der Waals surface area contributed by atoms with Crippen LogP contribution in [0.4, 0.5) is 95.6 Å². The molecule has 18 rings (SSSR count). The average Bonchev–Trinajstić information content (AvgIpc) is 1.31. The maximum atomic E-state index is 16.3. The number of rotatable bonds is 12. The van der Waals surface area contributed by atoms with Gasteiger partial charge in [0.2, 0.25) is 0 Å². The van der Waals surface area contributed by atoms with E-state index in [0.29, 0.717) is 105 Å². The van der Waals surface area contributed by atoms with Crippen molar-refractivity contribution >= 4 is 126 Å². The average molecular weight is 1790 g/mol. The minimum atomic E-state index is -2.00. The van der Waals surface area contributed by atoms with E-state index in [9.17, 15) is 8.78 Å². The Morgan fingerprint density at radius 3 is 1.06 bits per heavy atom. The zero-order chi connectivity index (χ0) is 87.2. The lowest BCUT2D eigenvalue weighted by Gasteiger charge is -2.42. The van der Waals surface area contributed by atoms with Crippen LogP contribution in [0, 0.1) is 102 Å². The molecular weight excluding hydrogens is 1730 g/mol. The normalized spacial score (nSPS) is 13.2. The molecule has 5 nitrogen and oxygen atoms in total. The molecule has 3 unspecified atom stereocenters. The largest absolute Gasteiger partial charge is 0.456 e. The third kappa shape index (κ3) is 15.7. The Morgan fingerprint density at radius 1 is 0.301 bits per heavy atom. The highest BCUT2D eigenvalue weighted by molar-refractivity contribution is 6.40. The molecule has 0 saturated heterocycles. The van der Waals surface area contributed by atoms with Gasteiger partial charge in [0, 0.05) is 130 Å². The molecule has 2 aromatic heterocycles. The molecule has 2 aliphatic heterocycles. The van der Waals surface area contributed by atoms with E-state index in [2.05, 4.69) is 4.98 Å². The Morgan fingerprint density at radius 2 is 0.634 bits per heavy atom. The molecule has 16 aromatic rings. The first-order valence-electron chi connectivity index (χ1n) is 37.7. The van der Waals surface area contributed by atoms with Crippen molar-refractivity contribution in [2.24, 2.45) is 0 Å². The number of hydrogen-bond donors (Lipinski definition) is 0. The fourth-order valence-corrected chi connectivity index (χ4v) is 18.5. The Bertz CT molecular complexity index is 6570. The number of nitrogens with zero attached hydrogens (tertiary/aromatic N) is 3. The van der Waals surface area contributed by atoms with Crippen LogP contribution >= 0.6 is 69.6 Å². The lowest BCUT2D eigenvalue weighted by molar-refractivity contribution is 0.475.